The molecule has 0 aliphatic carbocycles. The second-order valence-corrected chi connectivity index (χ2v) is 4.78. The van der Waals surface area contributed by atoms with Crippen molar-refractivity contribution in [1.29, 1.82) is 0 Å². The lowest BCUT2D eigenvalue weighted by Crippen LogP contribution is -2.04. The van der Waals surface area contributed by atoms with Crippen LogP contribution in [0.2, 0.25) is 5.02 Å². The zero-order valence-corrected chi connectivity index (χ0v) is 11.9. The predicted octanol–water partition coefficient (Wildman–Crippen LogP) is 4.25. The Hall–Kier alpha value is -2.46. The van der Waals surface area contributed by atoms with Crippen LogP contribution < -0.4 is 14.9 Å². The molecule has 0 aliphatic rings. The number of methoxy groups -OCH3 is 1. The minimum absolute atomic E-state index is 0.120. The third kappa shape index (κ3) is 2.71. The molecule has 0 saturated carbocycles. The summed E-state index contributed by atoms with van der Waals surface area (Å²) >= 11 is 5.80. The van der Waals surface area contributed by atoms with Crippen molar-refractivity contribution >= 4 is 22.6 Å². The summed E-state index contributed by atoms with van der Waals surface area (Å²) in [5.41, 5.74) is 0.205. The van der Waals surface area contributed by atoms with E-state index in [1.807, 2.05) is 0 Å². The summed E-state index contributed by atoms with van der Waals surface area (Å²) in [6.07, 6.45) is 1.29. The Bertz CT molecular complexity index is 837. The van der Waals surface area contributed by atoms with E-state index in [1.54, 1.807) is 49.6 Å². The fourth-order valence-electron chi connectivity index (χ4n) is 1.92. The van der Waals surface area contributed by atoms with Gasteiger partial charge in [-0.1, -0.05) is 11.6 Å². The molecule has 0 fully saturated rings. The molecular weight excluding hydrogens is 292 g/mol. The molecule has 21 heavy (non-hydrogen) atoms. The average Bonchev–Trinajstić information content (AvgIpc) is 2.52. The highest BCUT2D eigenvalue weighted by Gasteiger charge is 2.10. The Morgan fingerprint density at radius 2 is 1.76 bits per heavy atom. The number of ether oxygens (including phenoxy) is 2. The minimum Gasteiger partial charge on any atom is -0.497 e. The summed E-state index contributed by atoms with van der Waals surface area (Å²) in [5, 5.41) is 1.03. The highest BCUT2D eigenvalue weighted by Crippen LogP contribution is 2.24. The molecule has 1 aromatic heterocycles. The van der Waals surface area contributed by atoms with Crippen molar-refractivity contribution in [3.63, 3.8) is 0 Å². The van der Waals surface area contributed by atoms with Gasteiger partial charge in [-0.05, 0) is 36.4 Å². The SMILES string of the molecule is COc1ccc2c(=O)c(Oc3ccc(Cl)cc3)coc2c1. The van der Waals surface area contributed by atoms with Gasteiger partial charge >= 0.3 is 0 Å². The zero-order valence-electron chi connectivity index (χ0n) is 11.1. The quantitative estimate of drug-likeness (QED) is 0.726. The van der Waals surface area contributed by atoms with E-state index < -0.39 is 0 Å². The molecule has 0 unspecified atom stereocenters. The third-order valence-corrected chi connectivity index (χ3v) is 3.24. The van der Waals surface area contributed by atoms with Gasteiger partial charge < -0.3 is 13.9 Å². The van der Waals surface area contributed by atoms with E-state index in [9.17, 15) is 4.79 Å². The van der Waals surface area contributed by atoms with E-state index in [0.29, 0.717) is 27.5 Å². The van der Waals surface area contributed by atoms with Gasteiger partial charge in [-0.25, -0.2) is 0 Å². The van der Waals surface area contributed by atoms with Crippen molar-refractivity contribution < 1.29 is 13.9 Å². The van der Waals surface area contributed by atoms with E-state index in [4.69, 9.17) is 25.5 Å². The number of rotatable bonds is 3. The Kier molecular flexibility index (Phi) is 3.54. The molecule has 106 valence electrons. The molecule has 4 nitrogen and oxygen atoms in total. The molecule has 0 aliphatic heterocycles. The molecule has 0 bridgehead atoms. The molecule has 0 radical (unpaired) electrons. The Morgan fingerprint density at radius 1 is 1.05 bits per heavy atom. The molecule has 0 N–H and O–H groups in total. The average molecular weight is 303 g/mol. The smallest absolute Gasteiger partial charge is 0.235 e. The first-order chi connectivity index (χ1) is 10.2. The van der Waals surface area contributed by atoms with E-state index in [0.717, 1.165) is 0 Å². The van der Waals surface area contributed by atoms with Crippen molar-refractivity contribution in [2.45, 2.75) is 0 Å². The lowest BCUT2D eigenvalue weighted by Gasteiger charge is -2.06. The second kappa shape index (κ2) is 5.50. The van der Waals surface area contributed by atoms with Gasteiger partial charge in [0.25, 0.3) is 0 Å². The standard InChI is InChI=1S/C16H11ClO4/c1-19-12-6-7-13-14(8-12)20-9-15(16(13)18)21-11-4-2-10(17)3-5-11/h2-9H,1H3. The van der Waals surface area contributed by atoms with Crippen molar-refractivity contribution in [2.75, 3.05) is 7.11 Å². The van der Waals surface area contributed by atoms with Crippen LogP contribution in [0, 0.1) is 0 Å². The Morgan fingerprint density at radius 3 is 2.48 bits per heavy atom. The number of hydrogen-bond donors (Lipinski definition) is 0. The number of fused-ring (bicyclic) bond motifs is 1. The molecule has 3 rings (SSSR count). The summed E-state index contributed by atoms with van der Waals surface area (Å²) in [4.78, 5) is 12.3. The van der Waals surface area contributed by atoms with Crippen molar-refractivity contribution in [1.82, 2.24) is 0 Å². The number of benzene rings is 2. The summed E-state index contributed by atoms with van der Waals surface area (Å²) in [6, 6.07) is 11.7. The zero-order chi connectivity index (χ0) is 14.8. The molecule has 5 heteroatoms. The fourth-order valence-corrected chi connectivity index (χ4v) is 2.04. The maximum Gasteiger partial charge on any atom is 0.235 e. The number of halogens is 1. The van der Waals surface area contributed by atoms with Gasteiger partial charge in [0.05, 0.1) is 12.5 Å². The highest BCUT2D eigenvalue weighted by atomic mass is 35.5. The van der Waals surface area contributed by atoms with E-state index in [1.165, 1.54) is 6.26 Å². The normalized spacial score (nSPS) is 10.6. The van der Waals surface area contributed by atoms with Crippen LogP contribution in [0.25, 0.3) is 11.0 Å². The van der Waals surface area contributed by atoms with Gasteiger partial charge in [0.2, 0.25) is 11.2 Å². The van der Waals surface area contributed by atoms with Crippen LogP contribution in [0.4, 0.5) is 0 Å². The summed E-state index contributed by atoms with van der Waals surface area (Å²) in [5.74, 6) is 1.26. The van der Waals surface area contributed by atoms with Crippen molar-refractivity contribution in [3.05, 3.63) is 64.0 Å². The molecule has 0 spiro atoms. The molecule has 0 amide bonds. The lowest BCUT2D eigenvalue weighted by molar-refractivity contribution is 0.413. The molecule has 2 aromatic carbocycles. The second-order valence-electron chi connectivity index (χ2n) is 4.35. The third-order valence-electron chi connectivity index (χ3n) is 2.99. The van der Waals surface area contributed by atoms with Gasteiger partial charge in [0.1, 0.15) is 23.3 Å². The van der Waals surface area contributed by atoms with Crippen LogP contribution in [0.15, 0.2) is 57.9 Å². The van der Waals surface area contributed by atoms with Gasteiger partial charge in [0.15, 0.2) is 0 Å². The van der Waals surface area contributed by atoms with Crippen LogP contribution in [0.5, 0.6) is 17.2 Å². The first-order valence-electron chi connectivity index (χ1n) is 6.20. The Balaban J connectivity index is 2.02. The van der Waals surface area contributed by atoms with Gasteiger partial charge in [-0.15, -0.1) is 0 Å². The molecule has 0 saturated heterocycles. The maximum atomic E-state index is 12.3. The van der Waals surface area contributed by atoms with Gasteiger partial charge in [0, 0.05) is 11.1 Å². The highest BCUT2D eigenvalue weighted by molar-refractivity contribution is 6.30. The van der Waals surface area contributed by atoms with Crippen LogP contribution >= 0.6 is 11.6 Å². The summed E-state index contributed by atoms with van der Waals surface area (Å²) in [6.45, 7) is 0. The maximum absolute atomic E-state index is 12.3. The lowest BCUT2D eigenvalue weighted by atomic mass is 10.2. The van der Waals surface area contributed by atoms with Crippen LogP contribution in [0.1, 0.15) is 0 Å². The van der Waals surface area contributed by atoms with Crippen molar-refractivity contribution in [2.24, 2.45) is 0 Å². The molecule has 1 heterocycles. The topological polar surface area (TPSA) is 48.7 Å². The molecule has 0 atom stereocenters. The van der Waals surface area contributed by atoms with Crippen LogP contribution in [0.3, 0.4) is 0 Å². The van der Waals surface area contributed by atoms with E-state index in [2.05, 4.69) is 0 Å². The number of hydrogen-bond acceptors (Lipinski definition) is 4. The first kappa shape index (κ1) is 13.5. The van der Waals surface area contributed by atoms with Gasteiger partial charge in [-0.2, -0.15) is 0 Å². The van der Waals surface area contributed by atoms with Crippen LogP contribution in [-0.4, -0.2) is 7.11 Å². The van der Waals surface area contributed by atoms with Gasteiger partial charge in [-0.3, -0.25) is 4.79 Å². The monoisotopic (exact) mass is 302 g/mol. The van der Waals surface area contributed by atoms with E-state index in [-0.39, 0.29) is 11.2 Å². The molecule has 3 aromatic rings. The Labute approximate surface area is 125 Å². The summed E-state index contributed by atoms with van der Waals surface area (Å²) in [7, 11) is 1.55. The molecular formula is C16H11ClO4. The summed E-state index contributed by atoms with van der Waals surface area (Å²) < 4.78 is 16.1. The fraction of sp³-hybridized carbons (Fsp3) is 0.0625. The first-order valence-corrected chi connectivity index (χ1v) is 6.58. The van der Waals surface area contributed by atoms with Crippen LogP contribution in [-0.2, 0) is 0 Å². The predicted molar refractivity (Wildman–Crippen MR) is 80.6 cm³/mol. The minimum atomic E-state index is -0.242. The van der Waals surface area contributed by atoms with E-state index >= 15 is 0 Å². The van der Waals surface area contributed by atoms with Crippen molar-refractivity contribution in [3.8, 4) is 17.2 Å². The largest absolute Gasteiger partial charge is 0.497 e.